The molecule has 0 bridgehead atoms. The molecule has 0 aromatic heterocycles. The summed E-state index contributed by atoms with van der Waals surface area (Å²) in [5.74, 6) is 0.278. The van der Waals surface area contributed by atoms with Gasteiger partial charge in [-0.25, -0.2) is 0 Å². The van der Waals surface area contributed by atoms with Gasteiger partial charge < -0.3 is 15.2 Å². The Hall–Kier alpha value is -1.55. The van der Waals surface area contributed by atoms with Crippen LogP contribution in [-0.2, 0) is 11.2 Å². The zero-order chi connectivity index (χ0) is 12.8. The lowest BCUT2D eigenvalue weighted by Gasteiger charge is -2.11. The van der Waals surface area contributed by atoms with Gasteiger partial charge in [-0.1, -0.05) is 18.2 Å². The SMILES string of the molecule is O=C(O)CCCCNCC1Cc2ccccc2O1. The second kappa shape index (κ2) is 6.40. The Morgan fingerprint density at radius 1 is 1.39 bits per heavy atom. The summed E-state index contributed by atoms with van der Waals surface area (Å²) in [6.45, 7) is 1.67. The van der Waals surface area contributed by atoms with E-state index in [1.165, 1.54) is 5.56 Å². The Labute approximate surface area is 107 Å². The second-order valence-electron chi connectivity index (χ2n) is 4.61. The van der Waals surface area contributed by atoms with Crippen LogP contribution in [0.4, 0.5) is 0 Å². The lowest BCUT2D eigenvalue weighted by Crippen LogP contribution is -2.30. The highest BCUT2D eigenvalue weighted by Gasteiger charge is 2.21. The standard InChI is InChI=1S/C14H19NO3/c16-14(17)7-3-4-8-15-10-12-9-11-5-1-2-6-13(11)18-12/h1-2,5-6,12,15H,3-4,7-10H2,(H,16,17). The van der Waals surface area contributed by atoms with E-state index >= 15 is 0 Å². The van der Waals surface area contributed by atoms with Crippen molar-refractivity contribution < 1.29 is 14.6 Å². The Morgan fingerprint density at radius 2 is 2.22 bits per heavy atom. The van der Waals surface area contributed by atoms with E-state index in [0.29, 0.717) is 0 Å². The number of fused-ring (bicyclic) bond motifs is 1. The number of benzene rings is 1. The van der Waals surface area contributed by atoms with Gasteiger partial charge in [0.25, 0.3) is 0 Å². The molecular formula is C14H19NO3. The number of ether oxygens (including phenoxy) is 1. The first-order valence-corrected chi connectivity index (χ1v) is 6.43. The number of hydrogen-bond acceptors (Lipinski definition) is 3. The van der Waals surface area contributed by atoms with Crippen LogP contribution in [0.1, 0.15) is 24.8 Å². The molecule has 0 aliphatic carbocycles. The van der Waals surface area contributed by atoms with E-state index in [0.717, 1.165) is 38.1 Å². The minimum absolute atomic E-state index is 0.210. The maximum Gasteiger partial charge on any atom is 0.303 e. The van der Waals surface area contributed by atoms with Gasteiger partial charge in [0.15, 0.2) is 0 Å². The number of nitrogens with one attached hydrogen (secondary N) is 1. The Balaban J connectivity index is 1.58. The first kappa shape index (κ1) is 12.9. The number of hydrogen-bond donors (Lipinski definition) is 2. The van der Waals surface area contributed by atoms with Gasteiger partial charge in [-0.05, 0) is 31.0 Å². The molecular weight excluding hydrogens is 230 g/mol. The van der Waals surface area contributed by atoms with Crippen molar-refractivity contribution in [2.45, 2.75) is 31.8 Å². The van der Waals surface area contributed by atoms with Gasteiger partial charge in [-0.2, -0.15) is 0 Å². The number of unbranched alkanes of at least 4 members (excludes halogenated alkanes) is 1. The monoisotopic (exact) mass is 249 g/mol. The van der Waals surface area contributed by atoms with Crippen molar-refractivity contribution in [3.63, 3.8) is 0 Å². The molecule has 0 amide bonds. The molecule has 2 rings (SSSR count). The summed E-state index contributed by atoms with van der Waals surface area (Å²) in [5.41, 5.74) is 1.27. The van der Waals surface area contributed by atoms with Crippen molar-refractivity contribution >= 4 is 5.97 Å². The normalized spacial score (nSPS) is 17.2. The van der Waals surface area contributed by atoms with Crippen LogP contribution in [0.2, 0.25) is 0 Å². The van der Waals surface area contributed by atoms with E-state index in [1.807, 2.05) is 18.2 Å². The molecule has 1 aromatic rings. The third kappa shape index (κ3) is 3.74. The highest BCUT2D eigenvalue weighted by atomic mass is 16.5. The first-order valence-electron chi connectivity index (χ1n) is 6.43. The van der Waals surface area contributed by atoms with Gasteiger partial charge in [0, 0.05) is 19.4 Å². The number of carboxylic acid groups (broad SMARTS) is 1. The van der Waals surface area contributed by atoms with Crippen LogP contribution in [0.5, 0.6) is 5.75 Å². The molecule has 98 valence electrons. The number of carbonyl (C=O) groups is 1. The zero-order valence-corrected chi connectivity index (χ0v) is 10.4. The third-order valence-electron chi connectivity index (χ3n) is 3.08. The van der Waals surface area contributed by atoms with E-state index in [2.05, 4.69) is 11.4 Å². The van der Waals surface area contributed by atoms with E-state index in [4.69, 9.17) is 9.84 Å². The maximum absolute atomic E-state index is 10.3. The van der Waals surface area contributed by atoms with Gasteiger partial charge in [0.2, 0.25) is 0 Å². The highest BCUT2D eigenvalue weighted by molar-refractivity contribution is 5.66. The lowest BCUT2D eigenvalue weighted by atomic mass is 10.1. The molecule has 0 spiro atoms. The fourth-order valence-corrected chi connectivity index (χ4v) is 2.16. The molecule has 1 heterocycles. The summed E-state index contributed by atoms with van der Waals surface area (Å²) in [6.07, 6.45) is 3.05. The molecule has 4 heteroatoms. The molecule has 1 aromatic carbocycles. The molecule has 18 heavy (non-hydrogen) atoms. The topological polar surface area (TPSA) is 58.6 Å². The van der Waals surface area contributed by atoms with Gasteiger partial charge in [0.1, 0.15) is 11.9 Å². The fourth-order valence-electron chi connectivity index (χ4n) is 2.16. The van der Waals surface area contributed by atoms with Crippen LogP contribution in [0.25, 0.3) is 0 Å². The summed E-state index contributed by atoms with van der Waals surface area (Å²) in [7, 11) is 0. The molecule has 1 unspecified atom stereocenters. The quantitative estimate of drug-likeness (QED) is 0.724. The van der Waals surface area contributed by atoms with Crippen molar-refractivity contribution in [3.8, 4) is 5.75 Å². The van der Waals surface area contributed by atoms with Gasteiger partial charge >= 0.3 is 5.97 Å². The van der Waals surface area contributed by atoms with Crippen LogP contribution < -0.4 is 10.1 Å². The number of aliphatic carboxylic acids is 1. The average molecular weight is 249 g/mol. The van der Waals surface area contributed by atoms with E-state index < -0.39 is 5.97 Å². The molecule has 0 saturated heterocycles. The second-order valence-corrected chi connectivity index (χ2v) is 4.61. The largest absolute Gasteiger partial charge is 0.488 e. The Bertz CT molecular complexity index is 381. The predicted molar refractivity (Wildman–Crippen MR) is 68.9 cm³/mol. The lowest BCUT2D eigenvalue weighted by molar-refractivity contribution is -0.137. The number of carboxylic acids is 1. The smallest absolute Gasteiger partial charge is 0.303 e. The average Bonchev–Trinajstić information content (AvgIpc) is 2.75. The predicted octanol–water partition coefficient (Wildman–Crippen LogP) is 1.83. The summed E-state index contributed by atoms with van der Waals surface area (Å²) in [6, 6.07) is 8.12. The van der Waals surface area contributed by atoms with Crippen LogP contribution in [-0.4, -0.2) is 30.3 Å². The summed E-state index contributed by atoms with van der Waals surface area (Å²) in [4.78, 5) is 10.3. The van der Waals surface area contributed by atoms with Crippen LogP contribution >= 0.6 is 0 Å². The molecule has 0 radical (unpaired) electrons. The molecule has 1 aliphatic heterocycles. The maximum atomic E-state index is 10.3. The van der Waals surface area contributed by atoms with Crippen molar-refractivity contribution in [1.82, 2.24) is 5.32 Å². The minimum atomic E-state index is -0.718. The summed E-state index contributed by atoms with van der Waals surface area (Å²) in [5, 5.41) is 11.8. The van der Waals surface area contributed by atoms with Crippen molar-refractivity contribution in [1.29, 1.82) is 0 Å². The van der Waals surface area contributed by atoms with E-state index in [-0.39, 0.29) is 12.5 Å². The van der Waals surface area contributed by atoms with Gasteiger partial charge in [0.05, 0.1) is 0 Å². The molecule has 0 fully saturated rings. The summed E-state index contributed by atoms with van der Waals surface area (Å²) < 4.78 is 5.80. The Kier molecular flexibility index (Phi) is 4.59. The van der Waals surface area contributed by atoms with E-state index in [9.17, 15) is 4.79 Å². The molecule has 0 saturated carbocycles. The number of para-hydroxylation sites is 1. The highest BCUT2D eigenvalue weighted by Crippen LogP contribution is 2.27. The van der Waals surface area contributed by atoms with Crippen LogP contribution in [0.15, 0.2) is 24.3 Å². The minimum Gasteiger partial charge on any atom is -0.488 e. The van der Waals surface area contributed by atoms with Crippen LogP contribution in [0.3, 0.4) is 0 Å². The third-order valence-corrected chi connectivity index (χ3v) is 3.08. The number of rotatable bonds is 7. The molecule has 1 aliphatic rings. The zero-order valence-electron chi connectivity index (χ0n) is 10.4. The first-order chi connectivity index (χ1) is 8.75. The Morgan fingerprint density at radius 3 is 3.00 bits per heavy atom. The molecule has 1 atom stereocenters. The van der Waals surface area contributed by atoms with Crippen molar-refractivity contribution in [3.05, 3.63) is 29.8 Å². The van der Waals surface area contributed by atoms with Crippen molar-refractivity contribution in [2.24, 2.45) is 0 Å². The van der Waals surface area contributed by atoms with E-state index in [1.54, 1.807) is 0 Å². The molecule has 2 N–H and O–H groups in total. The van der Waals surface area contributed by atoms with Crippen LogP contribution in [0, 0.1) is 0 Å². The van der Waals surface area contributed by atoms with Crippen molar-refractivity contribution in [2.75, 3.05) is 13.1 Å². The van der Waals surface area contributed by atoms with Gasteiger partial charge in [-0.15, -0.1) is 0 Å². The molecule has 4 nitrogen and oxygen atoms in total. The van der Waals surface area contributed by atoms with Gasteiger partial charge in [-0.3, -0.25) is 4.79 Å². The summed E-state index contributed by atoms with van der Waals surface area (Å²) >= 11 is 0. The fraction of sp³-hybridized carbons (Fsp3) is 0.500.